The highest BCUT2D eigenvalue weighted by atomic mass is 16.2. The Labute approximate surface area is 122 Å². The van der Waals surface area contributed by atoms with E-state index >= 15 is 0 Å². The third-order valence-corrected chi connectivity index (χ3v) is 3.60. The van der Waals surface area contributed by atoms with Crippen molar-refractivity contribution < 1.29 is 4.79 Å². The van der Waals surface area contributed by atoms with Crippen LogP contribution in [0, 0.1) is 6.92 Å². The monoisotopic (exact) mass is 277 g/mol. The first-order valence-corrected chi connectivity index (χ1v) is 7.26. The Bertz CT molecular complexity index is 441. The van der Waals surface area contributed by atoms with Gasteiger partial charge in [-0.3, -0.25) is 9.69 Å². The lowest BCUT2D eigenvalue weighted by atomic mass is 10.0. The molecule has 0 saturated heterocycles. The minimum absolute atomic E-state index is 0.189. The summed E-state index contributed by atoms with van der Waals surface area (Å²) < 4.78 is 0. The van der Waals surface area contributed by atoms with Gasteiger partial charge in [0.15, 0.2) is 0 Å². The molecule has 1 aromatic rings. The van der Waals surface area contributed by atoms with Gasteiger partial charge in [-0.2, -0.15) is 0 Å². The maximum Gasteiger partial charge on any atom is 0.236 e. The number of hydrogen-bond donors (Lipinski definition) is 1. The predicted molar refractivity (Wildman–Crippen MR) is 83.3 cm³/mol. The zero-order valence-corrected chi connectivity index (χ0v) is 13.1. The molecular formula is C16H27N3O. The molecule has 0 unspecified atom stereocenters. The molecule has 1 rings (SSSR count). The maximum atomic E-state index is 12.1. The van der Waals surface area contributed by atoms with E-state index < -0.39 is 0 Å². The zero-order valence-electron chi connectivity index (χ0n) is 13.1. The van der Waals surface area contributed by atoms with Crippen molar-refractivity contribution in [3.63, 3.8) is 0 Å². The van der Waals surface area contributed by atoms with E-state index in [1.54, 1.807) is 0 Å². The molecule has 0 radical (unpaired) electrons. The molecule has 20 heavy (non-hydrogen) atoms. The van der Waals surface area contributed by atoms with Gasteiger partial charge in [-0.25, -0.2) is 0 Å². The van der Waals surface area contributed by atoms with Gasteiger partial charge in [-0.1, -0.05) is 18.2 Å². The van der Waals surface area contributed by atoms with Crippen molar-refractivity contribution in [3.8, 4) is 0 Å². The van der Waals surface area contributed by atoms with Gasteiger partial charge in [0, 0.05) is 26.2 Å². The fourth-order valence-corrected chi connectivity index (χ4v) is 2.32. The summed E-state index contributed by atoms with van der Waals surface area (Å²) in [5.74, 6) is 0.189. The lowest BCUT2D eigenvalue weighted by Crippen LogP contribution is -2.38. The van der Waals surface area contributed by atoms with Crippen molar-refractivity contribution >= 4 is 5.91 Å². The second kappa shape index (κ2) is 8.02. The lowest BCUT2D eigenvalue weighted by molar-refractivity contribution is -0.131. The number of rotatable bonds is 7. The fourth-order valence-electron chi connectivity index (χ4n) is 2.32. The van der Waals surface area contributed by atoms with Crippen LogP contribution in [0.5, 0.6) is 0 Å². The van der Waals surface area contributed by atoms with E-state index in [9.17, 15) is 4.79 Å². The Hall–Kier alpha value is -1.39. The normalized spacial score (nSPS) is 10.9. The summed E-state index contributed by atoms with van der Waals surface area (Å²) in [5.41, 5.74) is 9.26. The highest BCUT2D eigenvalue weighted by Gasteiger charge is 2.13. The summed E-state index contributed by atoms with van der Waals surface area (Å²) in [6.45, 7) is 9.46. The Kier molecular flexibility index (Phi) is 6.68. The number of likely N-dealkylation sites (N-methyl/N-ethyl adjacent to an activating group) is 2. The number of hydrogen-bond acceptors (Lipinski definition) is 3. The van der Waals surface area contributed by atoms with E-state index in [1.165, 1.54) is 11.1 Å². The van der Waals surface area contributed by atoms with Crippen LogP contribution in [0.25, 0.3) is 0 Å². The highest BCUT2D eigenvalue weighted by molar-refractivity contribution is 5.78. The molecule has 0 spiro atoms. The Balaban J connectivity index is 2.62. The first-order valence-electron chi connectivity index (χ1n) is 7.26. The lowest BCUT2D eigenvalue weighted by Gasteiger charge is -2.23. The zero-order chi connectivity index (χ0) is 15.1. The SMILES string of the molecule is CCN(CC)C(=O)CN(C)Cc1ccc(CN)cc1C. The number of carbonyl (C=O) groups is 1. The van der Waals surface area contributed by atoms with Crippen LogP contribution in [-0.4, -0.2) is 42.4 Å². The van der Waals surface area contributed by atoms with Crippen LogP contribution in [0.4, 0.5) is 0 Å². The average Bonchev–Trinajstić information content (AvgIpc) is 2.42. The molecule has 4 heteroatoms. The summed E-state index contributed by atoms with van der Waals surface area (Å²) >= 11 is 0. The standard InChI is InChI=1S/C16H27N3O/c1-5-19(6-2)16(20)12-18(4)11-15-8-7-14(10-17)9-13(15)3/h7-9H,5-6,10-12,17H2,1-4H3. The van der Waals surface area contributed by atoms with Gasteiger partial charge in [0.25, 0.3) is 0 Å². The number of aryl methyl sites for hydroxylation is 1. The van der Waals surface area contributed by atoms with Crippen molar-refractivity contribution in [2.45, 2.75) is 33.9 Å². The predicted octanol–water partition coefficient (Wildman–Crippen LogP) is 1.75. The summed E-state index contributed by atoms with van der Waals surface area (Å²) in [7, 11) is 1.98. The van der Waals surface area contributed by atoms with Crippen molar-refractivity contribution in [1.82, 2.24) is 9.80 Å². The van der Waals surface area contributed by atoms with Gasteiger partial charge in [0.05, 0.1) is 6.54 Å². The summed E-state index contributed by atoms with van der Waals surface area (Å²) in [4.78, 5) is 16.0. The minimum Gasteiger partial charge on any atom is -0.342 e. The van der Waals surface area contributed by atoms with Crippen LogP contribution in [0.15, 0.2) is 18.2 Å². The Morgan fingerprint density at radius 1 is 1.25 bits per heavy atom. The third kappa shape index (κ3) is 4.62. The van der Waals surface area contributed by atoms with Crippen LogP contribution in [0.2, 0.25) is 0 Å². The number of nitrogens with zero attached hydrogens (tertiary/aromatic N) is 2. The molecule has 0 saturated carbocycles. The molecule has 0 bridgehead atoms. The molecule has 0 aliphatic rings. The number of carbonyl (C=O) groups excluding carboxylic acids is 1. The highest BCUT2D eigenvalue weighted by Crippen LogP contribution is 2.13. The summed E-state index contributed by atoms with van der Waals surface area (Å²) in [6, 6.07) is 6.29. The van der Waals surface area contributed by atoms with Gasteiger partial charge in [0.2, 0.25) is 5.91 Å². The van der Waals surface area contributed by atoms with Crippen LogP contribution in [0.1, 0.15) is 30.5 Å². The molecule has 2 N–H and O–H groups in total. The topological polar surface area (TPSA) is 49.6 Å². The second-order valence-electron chi connectivity index (χ2n) is 5.20. The van der Waals surface area contributed by atoms with Crippen LogP contribution in [0.3, 0.4) is 0 Å². The van der Waals surface area contributed by atoms with Crippen LogP contribution < -0.4 is 5.73 Å². The molecule has 1 aromatic carbocycles. The Morgan fingerprint density at radius 3 is 2.40 bits per heavy atom. The van der Waals surface area contributed by atoms with Gasteiger partial charge in [-0.05, 0) is 44.5 Å². The molecule has 0 aliphatic carbocycles. The quantitative estimate of drug-likeness (QED) is 0.826. The molecular weight excluding hydrogens is 250 g/mol. The van der Waals surface area contributed by atoms with Crippen molar-refractivity contribution in [2.24, 2.45) is 5.73 Å². The van der Waals surface area contributed by atoms with E-state index in [1.807, 2.05) is 25.8 Å². The summed E-state index contributed by atoms with van der Waals surface area (Å²) in [6.07, 6.45) is 0. The van der Waals surface area contributed by atoms with E-state index in [0.29, 0.717) is 13.1 Å². The molecule has 0 aliphatic heterocycles. The average molecular weight is 277 g/mol. The van der Waals surface area contributed by atoms with E-state index in [0.717, 1.165) is 25.2 Å². The largest absolute Gasteiger partial charge is 0.342 e. The minimum atomic E-state index is 0.189. The number of nitrogens with two attached hydrogens (primary N) is 1. The molecule has 1 amide bonds. The molecule has 0 fully saturated rings. The van der Waals surface area contributed by atoms with Gasteiger partial charge in [0.1, 0.15) is 0 Å². The van der Waals surface area contributed by atoms with Crippen molar-refractivity contribution in [3.05, 3.63) is 34.9 Å². The fraction of sp³-hybridized carbons (Fsp3) is 0.562. The molecule has 0 aromatic heterocycles. The van der Waals surface area contributed by atoms with Crippen molar-refractivity contribution in [1.29, 1.82) is 0 Å². The van der Waals surface area contributed by atoms with Crippen molar-refractivity contribution in [2.75, 3.05) is 26.7 Å². The van der Waals surface area contributed by atoms with Gasteiger partial charge < -0.3 is 10.6 Å². The molecule has 112 valence electrons. The molecule has 0 atom stereocenters. The third-order valence-electron chi connectivity index (χ3n) is 3.60. The summed E-state index contributed by atoms with van der Waals surface area (Å²) in [5, 5.41) is 0. The van der Waals surface area contributed by atoms with E-state index in [2.05, 4.69) is 30.0 Å². The van der Waals surface area contributed by atoms with Gasteiger partial charge >= 0.3 is 0 Å². The number of amides is 1. The smallest absolute Gasteiger partial charge is 0.236 e. The first-order chi connectivity index (χ1) is 9.51. The van der Waals surface area contributed by atoms with Crippen LogP contribution >= 0.6 is 0 Å². The van der Waals surface area contributed by atoms with E-state index in [4.69, 9.17) is 5.73 Å². The number of benzene rings is 1. The molecule has 0 heterocycles. The van der Waals surface area contributed by atoms with Crippen LogP contribution in [-0.2, 0) is 17.9 Å². The maximum absolute atomic E-state index is 12.1. The second-order valence-corrected chi connectivity index (χ2v) is 5.20. The first kappa shape index (κ1) is 16.7. The Morgan fingerprint density at radius 2 is 1.90 bits per heavy atom. The molecule has 4 nitrogen and oxygen atoms in total. The van der Waals surface area contributed by atoms with E-state index in [-0.39, 0.29) is 5.91 Å². The van der Waals surface area contributed by atoms with Gasteiger partial charge in [-0.15, -0.1) is 0 Å².